The predicted molar refractivity (Wildman–Crippen MR) is 108 cm³/mol. The van der Waals surface area contributed by atoms with Gasteiger partial charge in [0.05, 0.1) is 31.5 Å². The van der Waals surface area contributed by atoms with Crippen LogP contribution in [0.4, 0.5) is 10.8 Å². The van der Waals surface area contributed by atoms with Crippen molar-refractivity contribution in [2.45, 2.75) is 13.8 Å². The minimum atomic E-state index is -0.280. The van der Waals surface area contributed by atoms with Gasteiger partial charge in [0.2, 0.25) is 5.75 Å². The number of rotatable bonds is 5. The van der Waals surface area contributed by atoms with E-state index in [0.717, 1.165) is 27.0 Å². The Hall–Kier alpha value is -3.00. The molecule has 1 amide bonds. The number of nitrogens with one attached hydrogen (secondary N) is 1. The molecule has 27 heavy (non-hydrogen) atoms. The van der Waals surface area contributed by atoms with Gasteiger partial charge in [-0.2, -0.15) is 0 Å². The summed E-state index contributed by atoms with van der Waals surface area (Å²) in [5.74, 6) is 0.991. The van der Waals surface area contributed by atoms with Crippen molar-refractivity contribution in [3.63, 3.8) is 0 Å². The number of fused-ring (bicyclic) bond motifs is 1. The molecule has 3 rings (SSSR count). The van der Waals surface area contributed by atoms with Crippen LogP contribution < -0.4 is 25.3 Å². The van der Waals surface area contributed by atoms with Gasteiger partial charge in [0, 0.05) is 11.3 Å². The molecular weight excluding hydrogens is 366 g/mol. The second kappa shape index (κ2) is 7.32. The summed E-state index contributed by atoms with van der Waals surface area (Å²) in [7, 11) is 4.54. The molecule has 0 spiro atoms. The summed E-state index contributed by atoms with van der Waals surface area (Å²) >= 11 is 1.40. The van der Waals surface area contributed by atoms with Crippen LogP contribution in [0.2, 0.25) is 0 Å². The highest BCUT2D eigenvalue weighted by molar-refractivity contribution is 7.22. The number of methoxy groups -OCH3 is 3. The zero-order valence-corrected chi connectivity index (χ0v) is 16.6. The number of carbonyl (C=O) groups excluding carboxylic acids is 1. The van der Waals surface area contributed by atoms with E-state index in [2.05, 4.69) is 10.3 Å². The molecule has 1 aromatic heterocycles. The minimum Gasteiger partial charge on any atom is -0.493 e. The Morgan fingerprint density at radius 2 is 1.70 bits per heavy atom. The van der Waals surface area contributed by atoms with Crippen LogP contribution in [0, 0.1) is 13.8 Å². The summed E-state index contributed by atoms with van der Waals surface area (Å²) < 4.78 is 16.9. The third-order valence-electron chi connectivity index (χ3n) is 4.30. The lowest BCUT2D eigenvalue weighted by atomic mass is 10.1. The molecule has 0 unspecified atom stereocenters. The van der Waals surface area contributed by atoms with E-state index in [1.165, 1.54) is 32.7 Å². The maximum Gasteiger partial charge on any atom is 0.255 e. The van der Waals surface area contributed by atoms with Crippen LogP contribution in [0.1, 0.15) is 21.5 Å². The van der Waals surface area contributed by atoms with Crippen molar-refractivity contribution in [2.75, 3.05) is 32.4 Å². The third kappa shape index (κ3) is 3.35. The number of aromatic nitrogens is 1. The predicted octanol–water partition coefficient (Wildman–Crippen LogP) is 3.77. The monoisotopic (exact) mass is 387 g/mol. The Morgan fingerprint density at radius 3 is 2.26 bits per heavy atom. The number of anilines is 2. The van der Waals surface area contributed by atoms with Crippen molar-refractivity contribution in [2.24, 2.45) is 0 Å². The molecule has 0 aliphatic rings. The molecule has 142 valence electrons. The first-order valence-electron chi connectivity index (χ1n) is 8.17. The summed E-state index contributed by atoms with van der Waals surface area (Å²) in [5, 5.41) is 3.48. The molecule has 3 N–H and O–H groups in total. The van der Waals surface area contributed by atoms with Gasteiger partial charge in [-0.25, -0.2) is 4.98 Å². The van der Waals surface area contributed by atoms with E-state index < -0.39 is 0 Å². The molecule has 0 radical (unpaired) electrons. The highest BCUT2D eigenvalue weighted by Crippen LogP contribution is 2.39. The van der Waals surface area contributed by atoms with Gasteiger partial charge in [-0.3, -0.25) is 4.79 Å². The van der Waals surface area contributed by atoms with E-state index in [9.17, 15) is 4.79 Å². The smallest absolute Gasteiger partial charge is 0.255 e. The molecule has 0 saturated carbocycles. The van der Waals surface area contributed by atoms with Crippen LogP contribution in [0.5, 0.6) is 17.2 Å². The second-order valence-electron chi connectivity index (χ2n) is 5.96. The first-order chi connectivity index (χ1) is 12.9. The van der Waals surface area contributed by atoms with Gasteiger partial charge in [-0.1, -0.05) is 11.3 Å². The maximum absolute atomic E-state index is 12.9. The largest absolute Gasteiger partial charge is 0.493 e. The molecule has 0 aliphatic heterocycles. The summed E-state index contributed by atoms with van der Waals surface area (Å²) in [4.78, 5) is 17.2. The number of hydrogen-bond donors (Lipinski definition) is 2. The standard InChI is InChI=1S/C19H21N3O4S/c1-9-6-12-17(27-19(20)21-12)10(2)15(9)22-18(23)11-7-13(24-3)16(26-5)14(8-11)25-4/h6-8H,1-5H3,(H2,20,21)(H,22,23). The van der Waals surface area contributed by atoms with Gasteiger partial charge in [0.1, 0.15) is 0 Å². The number of benzene rings is 2. The van der Waals surface area contributed by atoms with Gasteiger partial charge in [-0.05, 0) is 43.2 Å². The number of ether oxygens (including phenoxy) is 3. The number of nitrogens with two attached hydrogens (primary N) is 1. The molecule has 0 aliphatic carbocycles. The molecule has 0 bridgehead atoms. The number of thiazole rings is 1. The van der Waals surface area contributed by atoms with E-state index in [1.54, 1.807) is 12.1 Å². The Morgan fingerprint density at radius 1 is 1.07 bits per heavy atom. The average molecular weight is 387 g/mol. The maximum atomic E-state index is 12.9. The van der Waals surface area contributed by atoms with Crippen molar-refractivity contribution in [3.8, 4) is 17.2 Å². The number of nitrogen functional groups attached to an aromatic ring is 1. The van der Waals surface area contributed by atoms with Crippen molar-refractivity contribution < 1.29 is 19.0 Å². The zero-order valence-electron chi connectivity index (χ0n) is 15.8. The van der Waals surface area contributed by atoms with Crippen LogP contribution >= 0.6 is 11.3 Å². The average Bonchev–Trinajstić information content (AvgIpc) is 3.03. The van der Waals surface area contributed by atoms with E-state index >= 15 is 0 Å². The topological polar surface area (TPSA) is 95.7 Å². The van der Waals surface area contributed by atoms with Crippen LogP contribution in [-0.4, -0.2) is 32.2 Å². The van der Waals surface area contributed by atoms with Crippen molar-refractivity contribution in [1.29, 1.82) is 0 Å². The Balaban J connectivity index is 2.02. The number of nitrogens with zero attached hydrogens (tertiary/aromatic N) is 1. The quantitative estimate of drug-likeness (QED) is 0.692. The summed E-state index contributed by atoms with van der Waals surface area (Å²) in [6.07, 6.45) is 0. The summed E-state index contributed by atoms with van der Waals surface area (Å²) in [6.45, 7) is 3.87. The van der Waals surface area contributed by atoms with E-state index in [0.29, 0.717) is 27.9 Å². The molecule has 3 aromatic rings. The number of hydrogen-bond acceptors (Lipinski definition) is 7. The first-order valence-corrected chi connectivity index (χ1v) is 8.98. The fourth-order valence-corrected chi connectivity index (χ4v) is 3.81. The zero-order chi connectivity index (χ0) is 19.7. The molecule has 0 atom stereocenters. The molecule has 1 heterocycles. The van der Waals surface area contributed by atoms with E-state index in [-0.39, 0.29) is 5.91 Å². The van der Waals surface area contributed by atoms with Crippen LogP contribution in [-0.2, 0) is 0 Å². The Labute approximate surface area is 161 Å². The van der Waals surface area contributed by atoms with Crippen molar-refractivity contribution >= 4 is 38.3 Å². The van der Waals surface area contributed by atoms with Gasteiger partial charge >= 0.3 is 0 Å². The lowest BCUT2D eigenvalue weighted by molar-refractivity contribution is 0.102. The van der Waals surface area contributed by atoms with Gasteiger partial charge in [0.15, 0.2) is 16.6 Å². The summed E-state index contributed by atoms with van der Waals surface area (Å²) in [5.41, 5.74) is 9.63. The lowest BCUT2D eigenvalue weighted by Crippen LogP contribution is -2.14. The number of aryl methyl sites for hydroxylation is 2. The fourth-order valence-electron chi connectivity index (χ4n) is 2.99. The van der Waals surface area contributed by atoms with Gasteiger partial charge in [-0.15, -0.1) is 0 Å². The fraction of sp³-hybridized carbons (Fsp3) is 0.263. The van der Waals surface area contributed by atoms with Crippen LogP contribution in [0.25, 0.3) is 10.2 Å². The molecular formula is C19H21N3O4S. The minimum absolute atomic E-state index is 0.280. The lowest BCUT2D eigenvalue weighted by Gasteiger charge is -2.15. The molecule has 0 fully saturated rings. The summed E-state index contributed by atoms with van der Waals surface area (Å²) in [6, 6.07) is 5.15. The van der Waals surface area contributed by atoms with Gasteiger partial charge < -0.3 is 25.3 Å². The number of amides is 1. The van der Waals surface area contributed by atoms with Gasteiger partial charge in [0.25, 0.3) is 5.91 Å². The van der Waals surface area contributed by atoms with Crippen molar-refractivity contribution in [3.05, 3.63) is 34.9 Å². The van der Waals surface area contributed by atoms with E-state index in [4.69, 9.17) is 19.9 Å². The Kier molecular flexibility index (Phi) is 5.09. The first kappa shape index (κ1) is 18.8. The second-order valence-corrected chi connectivity index (χ2v) is 6.99. The number of carbonyl (C=O) groups is 1. The SMILES string of the molecule is COc1cc(C(=O)Nc2c(C)cc3nc(N)sc3c2C)cc(OC)c1OC. The van der Waals surface area contributed by atoms with Crippen molar-refractivity contribution in [1.82, 2.24) is 4.98 Å². The molecule has 0 saturated heterocycles. The van der Waals surface area contributed by atoms with Crippen LogP contribution in [0.15, 0.2) is 18.2 Å². The molecule has 7 nitrogen and oxygen atoms in total. The normalized spacial score (nSPS) is 10.7. The highest BCUT2D eigenvalue weighted by atomic mass is 32.1. The third-order valence-corrected chi connectivity index (χ3v) is 5.32. The molecule has 2 aromatic carbocycles. The highest BCUT2D eigenvalue weighted by Gasteiger charge is 2.19. The van der Waals surface area contributed by atoms with Crippen LogP contribution in [0.3, 0.4) is 0 Å². The van der Waals surface area contributed by atoms with E-state index in [1.807, 2.05) is 19.9 Å². The Bertz CT molecular complexity index is 1000. The molecule has 8 heteroatoms.